The van der Waals surface area contributed by atoms with Crippen molar-refractivity contribution in [1.29, 1.82) is 0 Å². The summed E-state index contributed by atoms with van der Waals surface area (Å²) >= 11 is 3.36. The Morgan fingerprint density at radius 1 is 1.33 bits per heavy atom. The van der Waals surface area contributed by atoms with Gasteiger partial charge in [-0.3, -0.25) is 9.59 Å². The summed E-state index contributed by atoms with van der Waals surface area (Å²) < 4.78 is 6.04. The highest BCUT2D eigenvalue weighted by molar-refractivity contribution is 9.10. The van der Waals surface area contributed by atoms with Gasteiger partial charge in [-0.15, -0.1) is 12.4 Å². The summed E-state index contributed by atoms with van der Waals surface area (Å²) in [5.74, 6) is 0.462. The van der Waals surface area contributed by atoms with E-state index in [1.807, 2.05) is 11.0 Å². The van der Waals surface area contributed by atoms with Gasteiger partial charge in [0.05, 0.1) is 12.7 Å². The van der Waals surface area contributed by atoms with Crippen molar-refractivity contribution in [2.24, 2.45) is 5.73 Å². The van der Waals surface area contributed by atoms with E-state index >= 15 is 0 Å². The van der Waals surface area contributed by atoms with Gasteiger partial charge in [-0.25, -0.2) is 0 Å². The van der Waals surface area contributed by atoms with Gasteiger partial charge in [-0.1, -0.05) is 15.9 Å². The lowest BCUT2D eigenvalue weighted by Crippen LogP contribution is -2.47. The molecule has 0 aromatic heterocycles. The number of methoxy groups -OCH3 is 1. The molecule has 24 heavy (non-hydrogen) atoms. The van der Waals surface area contributed by atoms with Crippen LogP contribution >= 0.6 is 28.3 Å². The summed E-state index contributed by atoms with van der Waals surface area (Å²) in [5, 5.41) is 0. The number of carbonyl (C=O) groups excluding carboxylic acids is 2. The molecule has 5 nitrogen and oxygen atoms in total. The predicted molar refractivity (Wildman–Crippen MR) is 99.9 cm³/mol. The summed E-state index contributed by atoms with van der Waals surface area (Å²) in [5.41, 5.74) is 6.25. The third-order valence-electron chi connectivity index (χ3n) is 4.25. The van der Waals surface area contributed by atoms with Crippen LogP contribution in [0.1, 0.15) is 42.5 Å². The zero-order valence-corrected chi connectivity index (χ0v) is 16.2. The molecule has 1 amide bonds. The van der Waals surface area contributed by atoms with Gasteiger partial charge in [0.15, 0.2) is 5.78 Å². The first-order valence-electron chi connectivity index (χ1n) is 7.93. The van der Waals surface area contributed by atoms with Gasteiger partial charge >= 0.3 is 0 Å². The van der Waals surface area contributed by atoms with E-state index in [1.54, 1.807) is 12.1 Å². The fourth-order valence-corrected chi connectivity index (χ4v) is 3.33. The molecule has 1 fully saturated rings. The predicted octanol–water partition coefficient (Wildman–Crippen LogP) is 3.18. The Hall–Kier alpha value is -1.11. The van der Waals surface area contributed by atoms with Crippen molar-refractivity contribution in [1.82, 2.24) is 4.90 Å². The summed E-state index contributed by atoms with van der Waals surface area (Å²) in [6.45, 7) is 1.23. The monoisotopic (exact) mass is 418 g/mol. The second-order valence-corrected chi connectivity index (χ2v) is 6.66. The van der Waals surface area contributed by atoms with Crippen molar-refractivity contribution in [3.05, 3.63) is 28.2 Å². The van der Waals surface area contributed by atoms with Gasteiger partial charge in [-0.05, 0) is 37.5 Å². The molecule has 1 heterocycles. The van der Waals surface area contributed by atoms with Gasteiger partial charge < -0.3 is 15.4 Å². The standard InChI is InChI=1S/C17H23BrN2O3.ClH/c1-23-16-7-5-12(18)10-14(16)15(21)6-8-17(22)20-9-3-2-4-13(20)11-19;/h5,7,10,13H,2-4,6,8-9,11,19H2,1H3;1H. The minimum atomic E-state index is -0.0854. The average Bonchev–Trinajstić information content (AvgIpc) is 2.59. The molecule has 2 rings (SSSR count). The lowest BCUT2D eigenvalue weighted by molar-refractivity contribution is -0.134. The minimum absolute atomic E-state index is 0. The lowest BCUT2D eigenvalue weighted by atomic mass is 10.0. The fraction of sp³-hybridized carbons (Fsp3) is 0.529. The number of ketones is 1. The van der Waals surface area contributed by atoms with E-state index in [2.05, 4.69) is 15.9 Å². The average molecular weight is 420 g/mol. The summed E-state index contributed by atoms with van der Waals surface area (Å²) in [7, 11) is 1.53. The zero-order chi connectivity index (χ0) is 16.8. The van der Waals surface area contributed by atoms with Crippen LogP contribution in [-0.4, -0.2) is 42.8 Å². The maximum absolute atomic E-state index is 12.4. The number of hydrogen-bond donors (Lipinski definition) is 1. The van der Waals surface area contributed by atoms with E-state index in [9.17, 15) is 9.59 Å². The number of hydrogen-bond acceptors (Lipinski definition) is 4. The van der Waals surface area contributed by atoms with E-state index in [0.29, 0.717) is 17.9 Å². The molecular formula is C17H24BrClN2O3. The molecule has 134 valence electrons. The molecule has 2 N–H and O–H groups in total. The Morgan fingerprint density at radius 3 is 2.75 bits per heavy atom. The smallest absolute Gasteiger partial charge is 0.223 e. The van der Waals surface area contributed by atoms with Gasteiger partial charge in [0.2, 0.25) is 5.91 Å². The van der Waals surface area contributed by atoms with Crippen molar-refractivity contribution in [2.75, 3.05) is 20.2 Å². The highest BCUT2D eigenvalue weighted by Gasteiger charge is 2.26. The molecule has 1 aliphatic heterocycles. The Morgan fingerprint density at radius 2 is 2.08 bits per heavy atom. The first-order chi connectivity index (χ1) is 11.1. The molecule has 1 unspecified atom stereocenters. The molecule has 1 aromatic carbocycles. The van der Waals surface area contributed by atoms with E-state index in [1.165, 1.54) is 7.11 Å². The van der Waals surface area contributed by atoms with Crippen molar-refractivity contribution < 1.29 is 14.3 Å². The Balaban J connectivity index is 0.00000288. The largest absolute Gasteiger partial charge is 0.496 e. The number of likely N-dealkylation sites (tertiary alicyclic amines) is 1. The van der Waals surface area contributed by atoms with Crippen LogP contribution < -0.4 is 10.5 Å². The SMILES string of the molecule is COc1ccc(Br)cc1C(=O)CCC(=O)N1CCCCC1CN.Cl. The van der Waals surface area contributed by atoms with Gasteiger partial charge in [-0.2, -0.15) is 0 Å². The van der Waals surface area contributed by atoms with E-state index in [4.69, 9.17) is 10.5 Å². The van der Waals surface area contributed by atoms with E-state index < -0.39 is 0 Å². The fourth-order valence-electron chi connectivity index (χ4n) is 2.97. The van der Waals surface area contributed by atoms with Crippen LogP contribution in [0.4, 0.5) is 0 Å². The molecule has 0 radical (unpaired) electrons. The quantitative estimate of drug-likeness (QED) is 0.719. The van der Waals surface area contributed by atoms with Crippen molar-refractivity contribution in [3.8, 4) is 5.75 Å². The number of piperidine rings is 1. The van der Waals surface area contributed by atoms with Crippen LogP contribution in [0.2, 0.25) is 0 Å². The van der Waals surface area contributed by atoms with E-state index in [-0.39, 0.29) is 43.0 Å². The molecule has 1 atom stereocenters. The number of amides is 1. The van der Waals surface area contributed by atoms with Crippen LogP contribution in [0.3, 0.4) is 0 Å². The molecule has 1 aromatic rings. The third-order valence-corrected chi connectivity index (χ3v) is 4.74. The highest BCUT2D eigenvalue weighted by Crippen LogP contribution is 2.25. The number of nitrogens with zero attached hydrogens (tertiary/aromatic N) is 1. The van der Waals surface area contributed by atoms with Crippen LogP contribution in [0.5, 0.6) is 5.75 Å². The van der Waals surface area contributed by atoms with Gasteiger partial charge in [0.25, 0.3) is 0 Å². The van der Waals surface area contributed by atoms with Crippen molar-refractivity contribution in [3.63, 3.8) is 0 Å². The first kappa shape index (κ1) is 20.9. The first-order valence-corrected chi connectivity index (χ1v) is 8.72. The number of halogens is 2. The molecule has 1 aliphatic rings. The zero-order valence-electron chi connectivity index (χ0n) is 13.8. The summed E-state index contributed by atoms with van der Waals surface area (Å²) in [6.07, 6.45) is 3.47. The number of Topliss-reactive ketones (excluding diaryl/α,β-unsaturated/α-hetero) is 1. The minimum Gasteiger partial charge on any atom is -0.496 e. The van der Waals surface area contributed by atoms with Crippen LogP contribution in [0.15, 0.2) is 22.7 Å². The van der Waals surface area contributed by atoms with Crippen LogP contribution in [0, 0.1) is 0 Å². The number of benzene rings is 1. The van der Waals surface area contributed by atoms with Gasteiger partial charge in [0.1, 0.15) is 5.75 Å². The van der Waals surface area contributed by atoms with Crippen LogP contribution in [0.25, 0.3) is 0 Å². The maximum Gasteiger partial charge on any atom is 0.223 e. The topological polar surface area (TPSA) is 72.6 Å². The third kappa shape index (κ3) is 5.19. The Labute approximate surface area is 157 Å². The Bertz CT molecular complexity index is 583. The number of carbonyl (C=O) groups is 2. The molecule has 1 saturated heterocycles. The molecule has 0 bridgehead atoms. The second kappa shape index (κ2) is 10.0. The number of ether oxygens (including phenoxy) is 1. The summed E-state index contributed by atoms with van der Waals surface area (Å²) in [4.78, 5) is 26.7. The molecule has 0 spiro atoms. The molecular weight excluding hydrogens is 396 g/mol. The summed E-state index contributed by atoms with van der Waals surface area (Å²) in [6, 6.07) is 5.41. The molecule has 7 heteroatoms. The molecule has 0 aliphatic carbocycles. The number of rotatable bonds is 6. The molecule has 0 saturated carbocycles. The van der Waals surface area contributed by atoms with Crippen LogP contribution in [-0.2, 0) is 4.79 Å². The number of nitrogens with two attached hydrogens (primary N) is 1. The Kier molecular flexibility index (Phi) is 8.73. The van der Waals surface area contributed by atoms with Crippen molar-refractivity contribution >= 4 is 40.0 Å². The normalized spacial score (nSPS) is 17.1. The highest BCUT2D eigenvalue weighted by atomic mass is 79.9. The second-order valence-electron chi connectivity index (χ2n) is 5.74. The lowest BCUT2D eigenvalue weighted by Gasteiger charge is -2.35. The van der Waals surface area contributed by atoms with Gasteiger partial charge in [0, 0.05) is 36.4 Å². The maximum atomic E-state index is 12.4. The van der Waals surface area contributed by atoms with E-state index in [0.717, 1.165) is 30.3 Å². The van der Waals surface area contributed by atoms with Crippen molar-refractivity contribution in [2.45, 2.75) is 38.1 Å².